The highest BCUT2D eigenvalue weighted by Crippen LogP contribution is 2.43. The maximum absolute atomic E-state index is 13.3. The maximum Gasteiger partial charge on any atom is 0.332 e. The van der Waals surface area contributed by atoms with Crippen molar-refractivity contribution in [1.29, 1.82) is 5.26 Å². The van der Waals surface area contributed by atoms with Crippen molar-refractivity contribution < 1.29 is 4.92 Å². The Hall–Kier alpha value is -4.91. The molecule has 0 bridgehead atoms. The fraction of sp³-hybridized carbons (Fsp3) is 0.125. The van der Waals surface area contributed by atoms with Gasteiger partial charge in [0.1, 0.15) is 5.82 Å². The average Bonchev–Trinajstić information content (AvgIpc) is 3.29. The minimum absolute atomic E-state index is 0.106. The molecule has 5 rings (SSSR count). The zero-order chi connectivity index (χ0) is 24.1. The number of allylic oxidation sites excluding steroid dienone is 1. The van der Waals surface area contributed by atoms with Gasteiger partial charge in [0, 0.05) is 48.9 Å². The van der Waals surface area contributed by atoms with Crippen LogP contribution in [-0.2, 0) is 14.1 Å². The fourth-order valence-corrected chi connectivity index (χ4v) is 4.49. The normalized spacial score (nSPS) is 15.0. The summed E-state index contributed by atoms with van der Waals surface area (Å²) in [4.78, 5) is 39.8. The summed E-state index contributed by atoms with van der Waals surface area (Å²) in [6.45, 7) is 0. The third-order valence-electron chi connectivity index (χ3n) is 6.21. The molecule has 0 fully saturated rings. The van der Waals surface area contributed by atoms with Gasteiger partial charge in [0.25, 0.3) is 11.2 Å². The van der Waals surface area contributed by atoms with Crippen LogP contribution in [0.3, 0.4) is 0 Å². The molecule has 0 spiro atoms. The molecule has 10 nitrogen and oxygen atoms in total. The molecule has 4 aromatic rings. The Balaban J connectivity index is 1.86. The van der Waals surface area contributed by atoms with Gasteiger partial charge in [0.05, 0.1) is 33.7 Å². The molecule has 1 unspecified atom stereocenters. The summed E-state index contributed by atoms with van der Waals surface area (Å²) >= 11 is 0. The molecule has 2 aromatic heterocycles. The largest absolute Gasteiger partial charge is 0.360 e. The van der Waals surface area contributed by atoms with E-state index in [9.17, 15) is 25.0 Å². The topological polar surface area (TPSA) is 139 Å². The van der Waals surface area contributed by atoms with E-state index < -0.39 is 22.1 Å². The van der Waals surface area contributed by atoms with Crippen molar-refractivity contribution in [2.24, 2.45) is 14.1 Å². The van der Waals surface area contributed by atoms with Crippen LogP contribution in [0.2, 0.25) is 0 Å². The molecular formula is C24H18N6O4. The van der Waals surface area contributed by atoms with Crippen LogP contribution in [0.25, 0.3) is 16.6 Å². The number of nitriles is 1. The highest BCUT2D eigenvalue weighted by molar-refractivity contribution is 5.98. The van der Waals surface area contributed by atoms with Gasteiger partial charge in [-0.3, -0.25) is 24.0 Å². The lowest BCUT2D eigenvalue weighted by Gasteiger charge is -2.30. The minimum atomic E-state index is -0.837. The number of rotatable bonds is 3. The van der Waals surface area contributed by atoms with E-state index in [1.807, 2.05) is 24.3 Å². The quantitative estimate of drug-likeness (QED) is 0.360. The lowest BCUT2D eigenvalue weighted by molar-refractivity contribution is -0.384. The van der Waals surface area contributed by atoms with Crippen LogP contribution in [0.4, 0.5) is 11.5 Å². The second kappa shape index (κ2) is 7.60. The number of non-ortho nitro benzene ring substituents is 1. The van der Waals surface area contributed by atoms with Gasteiger partial charge in [-0.1, -0.05) is 30.3 Å². The first-order chi connectivity index (χ1) is 16.3. The van der Waals surface area contributed by atoms with E-state index >= 15 is 0 Å². The number of nitro groups is 1. The number of anilines is 1. The number of hydrogen-bond acceptors (Lipinski definition) is 6. The first-order valence-electron chi connectivity index (χ1n) is 10.4. The average molecular weight is 454 g/mol. The van der Waals surface area contributed by atoms with Gasteiger partial charge >= 0.3 is 5.69 Å². The highest BCUT2D eigenvalue weighted by atomic mass is 16.6. The van der Waals surface area contributed by atoms with Crippen LogP contribution in [0.5, 0.6) is 0 Å². The van der Waals surface area contributed by atoms with Crippen LogP contribution >= 0.6 is 0 Å². The van der Waals surface area contributed by atoms with Crippen molar-refractivity contribution in [2.45, 2.75) is 5.92 Å². The van der Waals surface area contributed by atoms with Crippen molar-refractivity contribution >= 4 is 28.1 Å². The van der Waals surface area contributed by atoms with Gasteiger partial charge in [0.2, 0.25) is 0 Å². The van der Waals surface area contributed by atoms with Crippen molar-refractivity contribution in [1.82, 2.24) is 14.1 Å². The zero-order valence-corrected chi connectivity index (χ0v) is 18.2. The number of aromatic amines is 1. The Labute approximate surface area is 192 Å². The molecule has 3 heterocycles. The summed E-state index contributed by atoms with van der Waals surface area (Å²) in [5, 5.41) is 25.5. The Morgan fingerprint density at radius 3 is 2.44 bits per heavy atom. The van der Waals surface area contributed by atoms with E-state index in [-0.39, 0.29) is 22.6 Å². The van der Waals surface area contributed by atoms with Crippen molar-refractivity contribution in [3.05, 3.63) is 108 Å². The molecule has 0 saturated heterocycles. The summed E-state index contributed by atoms with van der Waals surface area (Å²) < 4.78 is 2.32. The SMILES string of the molecule is Cn1c2c(c(=O)n(C)c1=O)C(c1ccc([N+](=O)[O-])cc1)C(C#N)=C(c1c[nH]c3ccccc13)N2. The number of fused-ring (bicyclic) bond motifs is 2. The summed E-state index contributed by atoms with van der Waals surface area (Å²) in [5.41, 5.74) is 1.87. The molecule has 0 aliphatic carbocycles. The molecule has 10 heteroatoms. The first kappa shape index (κ1) is 21.0. The van der Waals surface area contributed by atoms with Gasteiger partial charge in [-0.2, -0.15) is 5.26 Å². The van der Waals surface area contributed by atoms with E-state index in [1.54, 1.807) is 13.2 Å². The Bertz CT molecular complexity index is 1680. The standard InChI is InChI=1S/C24H18N6O4/c1-28-22-20(23(31)29(2)24(28)32)19(13-7-9-14(10-8-13)30(33)34)16(11-25)21(27-22)17-12-26-18-6-4-3-5-15(17)18/h3-10,12,19,26-27H,1-2H3. The van der Waals surface area contributed by atoms with Gasteiger partial charge in [-0.25, -0.2) is 4.79 Å². The van der Waals surface area contributed by atoms with Crippen molar-refractivity contribution in [3.8, 4) is 6.07 Å². The molecule has 168 valence electrons. The second-order valence-corrected chi connectivity index (χ2v) is 8.02. The summed E-state index contributed by atoms with van der Waals surface area (Å²) in [7, 11) is 2.92. The minimum Gasteiger partial charge on any atom is -0.360 e. The van der Waals surface area contributed by atoms with Crippen LogP contribution in [0.15, 0.2) is 69.9 Å². The fourth-order valence-electron chi connectivity index (χ4n) is 4.49. The number of H-pyrrole nitrogens is 1. The van der Waals surface area contributed by atoms with Gasteiger partial charge in [0.15, 0.2) is 0 Å². The monoisotopic (exact) mass is 454 g/mol. The third-order valence-corrected chi connectivity index (χ3v) is 6.21. The third kappa shape index (κ3) is 2.95. The molecule has 34 heavy (non-hydrogen) atoms. The van der Waals surface area contributed by atoms with Gasteiger partial charge in [-0.05, 0) is 11.6 Å². The highest BCUT2D eigenvalue weighted by Gasteiger charge is 2.36. The number of nitrogens with zero attached hydrogens (tertiary/aromatic N) is 4. The summed E-state index contributed by atoms with van der Waals surface area (Å²) in [6, 6.07) is 15.6. The van der Waals surface area contributed by atoms with Crippen LogP contribution in [0.1, 0.15) is 22.6 Å². The van der Waals surface area contributed by atoms with E-state index in [2.05, 4.69) is 16.4 Å². The number of para-hydroxylation sites is 1. The van der Waals surface area contributed by atoms with Crippen LogP contribution < -0.4 is 16.6 Å². The molecule has 0 amide bonds. The Morgan fingerprint density at radius 2 is 1.76 bits per heavy atom. The number of nitrogens with one attached hydrogen (secondary N) is 2. The molecular weight excluding hydrogens is 436 g/mol. The summed E-state index contributed by atoms with van der Waals surface area (Å²) in [5.74, 6) is -0.563. The van der Waals surface area contributed by atoms with Crippen molar-refractivity contribution in [3.63, 3.8) is 0 Å². The molecule has 1 atom stereocenters. The van der Waals surface area contributed by atoms with Crippen LogP contribution in [-0.4, -0.2) is 19.0 Å². The Kier molecular flexibility index (Phi) is 4.68. The molecule has 0 saturated carbocycles. The first-order valence-corrected chi connectivity index (χ1v) is 10.4. The van der Waals surface area contributed by atoms with Crippen molar-refractivity contribution in [2.75, 3.05) is 5.32 Å². The molecule has 0 radical (unpaired) electrons. The van der Waals surface area contributed by atoms with Gasteiger partial charge in [-0.15, -0.1) is 0 Å². The lowest BCUT2D eigenvalue weighted by atomic mass is 9.81. The van der Waals surface area contributed by atoms with E-state index in [0.717, 1.165) is 15.5 Å². The Morgan fingerprint density at radius 1 is 1.06 bits per heavy atom. The molecule has 2 N–H and O–H groups in total. The maximum atomic E-state index is 13.3. The smallest absolute Gasteiger partial charge is 0.332 e. The van der Waals surface area contributed by atoms with Crippen LogP contribution in [0, 0.1) is 21.4 Å². The van der Waals surface area contributed by atoms with E-state index in [0.29, 0.717) is 16.8 Å². The predicted molar refractivity (Wildman–Crippen MR) is 126 cm³/mol. The second-order valence-electron chi connectivity index (χ2n) is 8.02. The van der Waals surface area contributed by atoms with E-state index in [4.69, 9.17) is 0 Å². The number of nitro benzene ring substituents is 1. The lowest BCUT2D eigenvalue weighted by Crippen LogP contribution is -2.42. The zero-order valence-electron chi connectivity index (χ0n) is 18.2. The molecule has 1 aliphatic heterocycles. The predicted octanol–water partition coefficient (Wildman–Crippen LogP) is 2.97. The molecule has 1 aliphatic rings. The van der Waals surface area contributed by atoms with Gasteiger partial charge < -0.3 is 10.3 Å². The summed E-state index contributed by atoms with van der Waals surface area (Å²) in [6.07, 6.45) is 1.77. The van der Waals surface area contributed by atoms with E-state index in [1.165, 1.54) is 35.9 Å². The molecule has 2 aromatic carbocycles. The number of aromatic nitrogens is 3. The number of hydrogen-bond donors (Lipinski definition) is 2. The number of benzene rings is 2.